The van der Waals surface area contributed by atoms with E-state index in [0.29, 0.717) is 32.9 Å². The molecule has 2 amide bonds. The van der Waals surface area contributed by atoms with E-state index in [4.69, 9.17) is 4.74 Å². The van der Waals surface area contributed by atoms with Gasteiger partial charge in [-0.05, 0) is 84.4 Å². The van der Waals surface area contributed by atoms with E-state index < -0.39 is 23.1 Å². The Bertz CT molecular complexity index is 2110. The molecule has 0 aliphatic heterocycles. The number of carbonyl (C=O) groups excluding carboxylic acids is 3. The van der Waals surface area contributed by atoms with Crippen molar-refractivity contribution in [2.45, 2.75) is 57.1 Å². The van der Waals surface area contributed by atoms with Gasteiger partial charge in [-0.1, -0.05) is 81.4 Å². The first-order valence-electron chi connectivity index (χ1n) is 16.9. The number of hydrogen-bond acceptors (Lipinski definition) is 7. The van der Waals surface area contributed by atoms with Crippen LogP contribution in [-0.4, -0.2) is 35.5 Å². The molecule has 0 bridgehead atoms. The Hall–Kier alpha value is -4.93. The molecule has 1 aliphatic rings. The summed E-state index contributed by atoms with van der Waals surface area (Å²) in [5.41, 5.74) is 3.11. The van der Waals surface area contributed by atoms with Crippen LogP contribution in [0.1, 0.15) is 86.4 Å². The largest absolute Gasteiger partial charge is 0.478 e. The number of anilines is 2. The van der Waals surface area contributed by atoms with Crippen LogP contribution in [-0.2, 0) is 22.4 Å². The van der Waals surface area contributed by atoms with Crippen molar-refractivity contribution in [1.29, 1.82) is 0 Å². The minimum absolute atomic E-state index is 0.0472. The maximum atomic E-state index is 14.3. The number of amides is 2. The van der Waals surface area contributed by atoms with E-state index >= 15 is 0 Å². The summed E-state index contributed by atoms with van der Waals surface area (Å²) < 4.78 is 5.48. The summed E-state index contributed by atoms with van der Waals surface area (Å²) in [5, 5.41) is 16.7. The van der Waals surface area contributed by atoms with Gasteiger partial charge in [0.15, 0.2) is 0 Å². The number of thiophene rings is 1. The fraction of sp³-hybridized carbons (Fsp3) is 0.268. The molecule has 5 aromatic rings. The van der Waals surface area contributed by atoms with E-state index in [-0.39, 0.29) is 29.1 Å². The summed E-state index contributed by atoms with van der Waals surface area (Å²) >= 11 is 2.79. The number of thioether (sulfide) groups is 1. The first kappa shape index (κ1) is 35.9. The summed E-state index contributed by atoms with van der Waals surface area (Å²) in [6.07, 6.45) is 2.56. The van der Waals surface area contributed by atoms with Crippen LogP contribution in [0.15, 0.2) is 95.9 Å². The number of aromatic carboxylic acids is 1. The molecule has 2 atom stereocenters. The molecule has 2 unspecified atom stereocenters. The van der Waals surface area contributed by atoms with Crippen LogP contribution in [0, 0.1) is 11.3 Å². The number of ether oxygens (including phenoxy) is 1. The Kier molecular flexibility index (Phi) is 10.6. The van der Waals surface area contributed by atoms with E-state index in [1.54, 1.807) is 55.5 Å². The van der Waals surface area contributed by atoms with Crippen LogP contribution in [0.4, 0.5) is 10.7 Å². The standard InChI is InChI=1S/C41H40N2O6S2/c1-5-49-40(48)34-29-21-20-26(41(2,3)4)22-32(29)51-38(34)43-37(45)35(25-12-7-6-8-13-25)50-28-17-11-16-27(23-28)42-36(44)30-18-9-14-24-15-10-19-31(33(24)30)39(46)47/h6-19,23,26,35H,5,20-22H2,1-4H3,(H,42,44)(H,43,45)(H,46,47). The lowest BCUT2D eigenvalue weighted by atomic mass is 9.72. The smallest absolute Gasteiger partial charge is 0.341 e. The third-order valence-electron chi connectivity index (χ3n) is 9.27. The summed E-state index contributed by atoms with van der Waals surface area (Å²) in [5.74, 6) is -1.81. The van der Waals surface area contributed by atoms with Gasteiger partial charge in [0.05, 0.1) is 17.7 Å². The van der Waals surface area contributed by atoms with Crippen molar-refractivity contribution in [3.8, 4) is 0 Å². The zero-order valence-corrected chi connectivity index (χ0v) is 30.6. The predicted octanol–water partition coefficient (Wildman–Crippen LogP) is 9.65. The van der Waals surface area contributed by atoms with Crippen LogP contribution < -0.4 is 10.6 Å². The fourth-order valence-corrected chi connectivity index (χ4v) is 9.00. The van der Waals surface area contributed by atoms with Crippen molar-refractivity contribution in [2.75, 3.05) is 17.2 Å². The van der Waals surface area contributed by atoms with E-state index in [1.807, 2.05) is 36.4 Å². The zero-order chi connectivity index (χ0) is 36.3. The molecule has 1 aliphatic carbocycles. The van der Waals surface area contributed by atoms with E-state index in [1.165, 1.54) is 29.2 Å². The van der Waals surface area contributed by atoms with Crippen molar-refractivity contribution in [1.82, 2.24) is 0 Å². The van der Waals surface area contributed by atoms with Crippen molar-refractivity contribution in [2.24, 2.45) is 11.3 Å². The molecule has 262 valence electrons. The monoisotopic (exact) mass is 720 g/mol. The summed E-state index contributed by atoms with van der Waals surface area (Å²) in [6.45, 7) is 8.74. The third kappa shape index (κ3) is 7.87. The second kappa shape index (κ2) is 15.1. The molecule has 3 N–H and O–H groups in total. The van der Waals surface area contributed by atoms with E-state index in [0.717, 1.165) is 40.2 Å². The van der Waals surface area contributed by atoms with Gasteiger partial charge in [0.1, 0.15) is 10.3 Å². The van der Waals surface area contributed by atoms with Gasteiger partial charge in [-0.25, -0.2) is 9.59 Å². The number of carbonyl (C=O) groups is 4. The Morgan fingerprint density at radius 1 is 0.922 bits per heavy atom. The van der Waals surface area contributed by atoms with Gasteiger partial charge < -0.3 is 20.5 Å². The number of carboxylic acids is 1. The first-order chi connectivity index (χ1) is 24.4. The average molecular weight is 721 g/mol. The first-order valence-corrected chi connectivity index (χ1v) is 18.6. The molecule has 51 heavy (non-hydrogen) atoms. The lowest BCUT2D eigenvalue weighted by molar-refractivity contribution is -0.115. The van der Waals surface area contributed by atoms with Gasteiger partial charge in [-0.2, -0.15) is 0 Å². The third-order valence-corrected chi connectivity index (χ3v) is 11.7. The quantitative estimate of drug-likeness (QED) is 0.0970. The molecule has 10 heteroatoms. The molecular weight excluding hydrogens is 681 g/mol. The lowest BCUT2D eigenvalue weighted by Gasteiger charge is -2.33. The van der Waals surface area contributed by atoms with Crippen LogP contribution in [0.5, 0.6) is 0 Å². The molecule has 0 fully saturated rings. The van der Waals surface area contributed by atoms with Gasteiger partial charge in [0, 0.05) is 26.4 Å². The van der Waals surface area contributed by atoms with Gasteiger partial charge in [0.2, 0.25) is 5.91 Å². The van der Waals surface area contributed by atoms with Crippen molar-refractivity contribution in [3.63, 3.8) is 0 Å². The summed E-state index contributed by atoms with van der Waals surface area (Å²) in [6, 6.07) is 26.6. The fourth-order valence-electron chi connectivity index (χ4n) is 6.60. The van der Waals surface area contributed by atoms with Crippen molar-refractivity contribution in [3.05, 3.63) is 124 Å². The van der Waals surface area contributed by atoms with Crippen LogP contribution in [0.3, 0.4) is 0 Å². The number of rotatable bonds is 10. The highest BCUT2D eigenvalue weighted by molar-refractivity contribution is 8.00. The minimum atomic E-state index is -1.12. The minimum Gasteiger partial charge on any atom is -0.478 e. The van der Waals surface area contributed by atoms with Gasteiger partial charge >= 0.3 is 11.9 Å². The Balaban J connectivity index is 1.28. The summed E-state index contributed by atoms with van der Waals surface area (Å²) in [4.78, 5) is 54.9. The molecule has 1 heterocycles. The molecule has 0 saturated carbocycles. The normalized spacial score (nSPS) is 14.7. The number of esters is 1. The molecule has 0 saturated heterocycles. The SMILES string of the molecule is CCOC(=O)c1c(NC(=O)C(Sc2cccc(NC(=O)c3cccc4cccc(C(=O)O)c34)c2)c2ccccc2)sc2c1CCC(C(C)(C)C)C2. The number of fused-ring (bicyclic) bond motifs is 2. The van der Waals surface area contributed by atoms with E-state index in [9.17, 15) is 24.3 Å². The number of benzene rings is 4. The second-order valence-electron chi connectivity index (χ2n) is 13.6. The number of hydrogen-bond donors (Lipinski definition) is 3. The Labute approximate surface area is 305 Å². The molecule has 8 nitrogen and oxygen atoms in total. The average Bonchev–Trinajstić information content (AvgIpc) is 3.47. The van der Waals surface area contributed by atoms with Gasteiger partial charge in [0.25, 0.3) is 5.91 Å². The van der Waals surface area contributed by atoms with Gasteiger partial charge in [-0.15, -0.1) is 23.1 Å². The highest BCUT2D eigenvalue weighted by atomic mass is 32.2. The number of carboxylic acid groups (broad SMARTS) is 1. The second-order valence-corrected chi connectivity index (χ2v) is 15.9. The van der Waals surface area contributed by atoms with Crippen molar-refractivity contribution < 1.29 is 29.0 Å². The van der Waals surface area contributed by atoms with Crippen molar-refractivity contribution >= 4 is 68.3 Å². The number of nitrogens with one attached hydrogen (secondary N) is 2. The molecule has 0 radical (unpaired) electrons. The predicted molar refractivity (Wildman–Crippen MR) is 204 cm³/mol. The Morgan fingerprint density at radius 3 is 2.31 bits per heavy atom. The van der Waals surface area contributed by atoms with E-state index in [2.05, 4.69) is 31.4 Å². The van der Waals surface area contributed by atoms with Crippen LogP contribution in [0.2, 0.25) is 0 Å². The lowest BCUT2D eigenvalue weighted by Crippen LogP contribution is -2.26. The van der Waals surface area contributed by atoms with Crippen LogP contribution in [0.25, 0.3) is 10.8 Å². The molecule has 6 rings (SSSR count). The Morgan fingerprint density at radius 2 is 1.63 bits per heavy atom. The highest BCUT2D eigenvalue weighted by Gasteiger charge is 2.35. The topological polar surface area (TPSA) is 122 Å². The molecular formula is C41H40N2O6S2. The van der Waals surface area contributed by atoms with Gasteiger partial charge in [-0.3, -0.25) is 9.59 Å². The van der Waals surface area contributed by atoms with Crippen LogP contribution >= 0.6 is 23.1 Å². The maximum absolute atomic E-state index is 14.3. The molecule has 4 aromatic carbocycles. The maximum Gasteiger partial charge on any atom is 0.341 e. The highest BCUT2D eigenvalue weighted by Crippen LogP contribution is 2.45. The summed E-state index contributed by atoms with van der Waals surface area (Å²) in [7, 11) is 0. The molecule has 0 spiro atoms. The molecule has 1 aromatic heterocycles. The zero-order valence-electron chi connectivity index (χ0n) is 28.9.